The van der Waals surface area contributed by atoms with Crippen molar-refractivity contribution in [2.45, 2.75) is 6.92 Å². The number of ether oxygens (including phenoxy) is 1. The lowest BCUT2D eigenvalue weighted by molar-refractivity contribution is -0.118. The Labute approximate surface area is 137 Å². The molecular weight excluding hydrogens is 323 g/mol. The molecule has 0 saturated carbocycles. The Morgan fingerprint density at radius 1 is 1.09 bits per heavy atom. The fourth-order valence-electron chi connectivity index (χ4n) is 1.75. The van der Waals surface area contributed by atoms with Crippen molar-refractivity contribution < 1.29 is 18.7 Å². The van der Waals surface area contributed by atoms with Crippen LogP contribution in [-0.2, 0) is 9.59 Å². The van der Waals surface area contributed by atoms with Gasteiger partial charge in [-0.05, 0) is 36.4 Å². The summed E-state index contributed by atoms with van der Waals surface area (Å²) >= 11 is 5.62. The predicted octanol–water partition coefficient (Wildman–Crippen LogP) is 3.46. The van der Waals surface area contributed by atoms with Crippen molar-refractivity contribution in [1.29, 1.82) is 0 Å². The molecule has 0 unspecified atom stereocenters. The minimum Gasteiger partial charge on any atom is -0.484 e. The van der Waals surface area contributed by atoms with E-state index in [1.165, 1.54) is 19.1 Å². The van der Waals surface area contributed by atoms with E-state index in [-0.39, 0.29) is 23.4 Å². The number of carbonyl (C=O) groups excluding carboxylic acids is 2. The molecule has 0 aliphatic rings. The lowest BCUT2D eigenvalue weighted by atomic mass is 10.2. The summed E-state index contributed by atoms with van der Waals surface area (Å²) in [7, 11) is 0. The molecule has 2 aromatic rings. The van der Waals surface area contributed by atoms with E-state index >= 15 is 0 Å². The summed E-state index contributed by atoms with van der Waals surface area (Å²) in [5.41, 5.74) is 1.19. The quantitative estimate of drug-likeness (QED) is 0.878. The number of hydrogen-bond donors (Lipinski definition) is 2. The van der Waals surface area contributed by atoms with Crippen molar-refractivity contribution in [1.82, 2.24) is 0 Å². The number of nitrogens with one attached hydrogen (secondary N) is 2. The second-order valence-corrected chi connectivity index (χ2v) is 5.08. The summed E-state index contributed by atoms with van der Waals surface area (Å²) in [6, 6.07) is 10.5. The molecule has 0 aliphatic heterocycles. The van der Waals surface area contributed by atoms with E-state index in [4.69, 9.17) is 16.3 Å². The zero-order valence-electron chi connectivity index (χ0n) is 12.2. The zero-order chi connectivity index (χ0) is 16.8. The Morgan fingerprint density at radius 3 is 2.26 bits per heavy atom. The molecular formula is C16H14ClFN2O3. The normalized spacial score (nSPS) is 10.0. The Hall–Kier alpha value is -2.60. The molecule has 7 heteroatoms. The highest BCUT2D eigenvalue weighted by Crippen LogP contribution is 2.21. The first-order valence-corrected chi connectivity index (χ1v) is 7.07. The standard InChI is InChI=1S/C16H14ClFN2O3/c1-10(21)19-11-2-4-12(5-3-11)20-16(22)9-23-13-6-7-15(18)14(17)8-13/h2-8H,9H2,1H3,(H,19,21)(H,20,22). The molecule has 0 bridgehead atoms. The van der Waals surface area contributed by atoms with E-state index in [0.717, 1.165) is 6.07 Å². The van der Waals surface area contributed by atoms with Gasteiger partial charge in [0, 0.05) is 24.4 Å². The van der Waals surface area contributed by atoms with Gasteiger partial charge in [0.15, 0.2) is 6.61 Å². The highest BCUT2D eigenvalue weighted by Gasteiger charge is 2.06. The van der Waals surface area contributed by atoms with Crippen LogP contribution in [0.1, 0.15) is 6.92 Å². The number of benzene rings is 2. The molecule has 120 valence electrons. The lowest BCUT2D eigenvalue weighted by Gasteiger charge is -2.09. The third-order valence-electron chi connectivity index (χ3n) is 2.75. The third kappa shape index (κ3) is 5.27. The fraction of sp³-hybridized carbons (Fsp3) is 0.125. The van der Waals surface area contributed by atoms with Crippen molar-refractivity contribution in [3.8, 4) is 5.75 Å². The first-order chi connectivity index (χ1) is 10.9. The van der Waals surface area contributed by atoms with Crippen LogP contribution in [-0.4, -0.2) is 18.4 Å². The van der Waals surface area contributed by atoms with E-state index in [2.05, 4.69) is 10.6 Å². The second kappa shape index (κ2) is 7.60. The van der Waals surface area contributed by atoms with Gasteiger partial charge in [-0.15, -0.1) is 0 Å². The van der Waals surface area contributed by atoms with Crippen LogP contribution in [0.25, 0.3) is 0 Å². The van der Waals surface area contributed by atoms with Gasteiger partial charge in [-0.1, -0.05) is 11.6 Å². The minimum absolute atomic E-state index is 0.0727. The maximum absolute atomic E-state index is 13.0. The van der Waals surface area contributed by atoms with Crippen molar-refractivity contribution in [3.05, 3.63) is 53.3 Å². The summed E-state index contributed by atoms with van der Waals surface area (Å²) in [5.74, 6) is -0.804. The van der Waals surface area contributed by atoms with Gasteiger partial charge in [0.2, 0.25) is 5.91 Å². The molecule has 0 heterocycles. The van der Waals surface area contributed by atoms with Crippen LogP contribution >= 0.6 is 11.6 Å². The molecule has 23 heavy (non-hydrogen) atoms. The topological polar surface area (TPSA) is 67.4 Å². The Kier molecular flexibility index (Phi) is 5.54. The number of carbonyl (C=O) groups is 2. The maximum Gasteiger partial charge on any atom is 0.262 e. The number of hydrogen-bond acceptors (Lipinski definition) is 3. The average molecular weight is 337 g/mol. The van der Waals surface area contributed by atoms with Crippen molar-refractivity contribution >= 4 is 34.8 Å². The van der Waals surface area contributed by atoms with Crippen molar-refractivity contribution in [3.63, 3.8) is 0 Å². The Bertz CT molecular complexity index is 720. The van der Waals surface area contributed by atoms with Gasteiger partial charge in [-0.25, -0.2) is 4.39 Å². The number of rotatable bonds is 5. The van der Waals surface area contributed by atoms with Crippen LogP contribution in [0.5, 0.6) is 5.75 Å². The van der Waals surface area contributed by atoms with Crippen LogP contribution in [0.3, 0.4) is 0 Å². The first-order valence-electron chi connectivity index (χ1n) is 6.69. The molecule has 5 nitrogen and oxygen atoms in total. The molecule has 0 aromatic heterocycles. The minimum atomic E-state index is -0.553. The predicted molar refractivity (Wildman–Crippen MR) is 86.3 cm³/mol. The van der Waals surface area contributed by atoms with Gasteiger partial charge >= 0.3 is 0 Å². The van der Waals surface area contributed by atoms with E-state index < -0.39 is 5.82 Å². The van der Waals surface area contributed by atoms with Crippen LogP contribution in [0.15, 0.2) is 42.5 Å². The van der Waals surface area contributed by atoms with Gasteiger partial charge in [-0.3, -0.25) is 9.59 Å². The molecule has 2 rings (SSSR count). The van der Waals surface area contributed by atoms with Crippen LogP contribution in [0.4, 0.5) is 15.8 Å². The molecule has 0 saturated heterocycles. The Balaban J connectivity index is 1.86. The van der Waals surface area contributed by atoms with Gasteiger partial charge < -0.3 is 15.4 Å². The summed E-state index contributed by atoms with van der Waals surface area (Å²) in [5, 5.41) is 5.18. The fourth-order valence-corrected chi connectivity index (χ4v) is 1.92. The van der Waals surface area contributed by atoms with Gasteiger partial charge in [0.25, 0.3) is 5.91 Å². The summed E-state index contributed by atoms with van der Waals surface area (Å²) < 4.78 is 18.2. The second-order valence-electron chi connectivity index (χ2n) is 4.67. The first kappa shape index (κ1) is 16.8. The monoisotopic (exact) mass is 336 g/mol. The van der Waals surface area contributed by atoms with Crippen molar-refractivity contribution in [2.24, 2.45) is 0 Å². The SMILES string of the molecule is CC(=O)Nc1ccc(NC(=O)COc2ccc(F)c(Cl)c2)cc1. The third-order valence-corrected chi connectivity index (χ3v) is 3.04. The lowest BCUT2D eigenvalue weighted by Crippen LogP contribution is -2.20. The average Bonchev–Trinajstić information content (AvgIpc) is 2.50. The number of amides is 2. The molecule has 2 N–H and O–H groups in total. The molecule has 0 aliphatic carbocycles. The molecule has 2 amide bonds. The van der Waals surface area contributed by atoms with Gasteiger partial charge in [0.1, 0.15) is 11.6 Å². The van der Waals surface area contributed by atoms with Crippen LogP contribution in [0.2, 0.25) is 5.02 Å². The van der Waals surface area contributed by atoms with Gasteiger partial charge in [0.05, 0.1) is 5.02 Å². The van der Waals surface area contributed by atoms with Crippen LogP contribution in [0, 0.1) is 5.82 Å². The van der Waals surface area contributed by atoms with E-state index in [1.807, 2.05) is 0 Å². The van der Waals surface area contributed by atoms with Gasteiger partial charge in [-0.2, -0.15) is 0 Å². The molecule has 0 spiro atoms. The molecule has 0 atom stereocenters. The van der Waals surface area contributed by atoms with Crippen LogP contribution < -0.4 is 15.4 Å². The molecule has 0 fully saturated rings. The Morgan fingerprint density at radius 2 is 1.70 bits per heavy atom. The largest absolute Gasteiger partial charge is 0.484 e. The highest BCUT2D eigenvalue weighted by molar-refractivity contribution is 6.30. The summed E-state index contributed by atoms with van der Waals surface area (Å²) in [4.78, 5) is 22.7. The smallest absolute Gasteiger partial charge is 0.262 e. The van der Waals surface area contributed by atoms with Crippen molar-refractivity contribution in [2.75, 3.05) is 17.2 Å². The summed E-state index contributed by atoms with van der Waals surface area (Å²) in [6.07, 6.45) is 0. The maximum atomic E-state index is 13.0. The zero-order valence-corrected chi connectivity index (χ0v) is 13.0. The van der Waals surface area contributed by atoms with E-state index in [0.29, 0.717) is 17.1 Å². The number of anilines is 2. The molecule has 2 aromatic carbocycles. The summed E-state index contributed by atoms with van der Waals surface area (Å²) in [6.45, 7) is 1.17. The van der Waals surface area contributed by atoms with E-state index in [1.54, 1.807) is 24.3 Å². The van der Waals surface area contributed by atoms with E-state index in [9.17, 15) is 14.0 Å². The number of halogens is 2. The molecule has 0 radical (unpaired) electrons. The highest BCUT2D eigenvalue weighted by atomic mass is 35.5.